The van der Waals surface area contributed by atoms with E-state index in [4.69, 9.17) is 0 Å². The Hall–Kier alpha value is -2.64. The van der Waals surface area contributed by atoms with Crippen LogP contribution in [0.25, 0.3) is 0 Å². The molecule has 0 aliphatic carbocycles. The normalized spacial score (nSPS) is 21.0. The summed E-state index contributed by atoms with van der Waals surface area (Å²) in [6.07, 6.45) is 4.38. The monoisotopic (exact) mass is 375 g/mol. The maximum absolute atomic E-state index is 12.8. The maximum Gasteiger partial charge on any atom is 0.305 e. The molecule has 146 valence electrons. The lowest BCUT2D eigenvalue weighted by atomic mass is 9.80. The second kappa shape index (κ2) is 8.37. The molecule has 1 N–H and O–H groups in total. The number of nitro benzene ring substituents is 1. The van der Waals surface area contributed by atoms with Crippen molar-refractivity contribution in [2.24, 2.45) is 5.92 Å². The third-order valence-electron chi connectivity index (χ3n) is 5.46. The number of nitrogens with zero attached hydrogens (tertiary/aromatic N) is 2. The average Bonchev–Trinajstić information content (AvgIpc) is 2.69. The quantitative estimate of drug-likeness (QED) is 0.354. The molecule has 3 rings (SSSR count). The number of benzene rings is 1. The number of ether oxygens (including phenoxy) is 1. The molecule has 2 heterocycles. The summed E-state index contributed by atoms with van der Waals surface area (Å²) in [7, 11) is 1.34. The number of methoxy groups -OCH3 is 1. The minimum atomic E-state index is -0.398. The third kappa shape index (κ3) is 4.20. The van der Waals surface area contributed by atoms with E-state index in [1.807, 2.05) is 6.07 Å². The minimum Gasteiger partial charge on any atom is -0.469 e. The number of nitro groups is 1. The van der Waals surface area contributed by atoms with E-state index in [-0.39, 0.29) is 35.9 Å². The number of non-ortho nitro benzene ring substituents is 1. The molecule has 8 heteroatoms. The Balaban J connectivity index is 1.73. The lowest BCUT2D eigenvalue weighted by molar-refractivity contribution is -0.384. The van der Waals surface area contributed by atoms with Gasteiger partial charge in [0.1, 0.15) is 0 Å². The molecule has 2 unspecified atom stereocenters. The van der Waals surface area contributed by atoms with Gasteiger partial charge < -0.3 is 15.0 Å². The van der Waals surface area contributed by atoms with Crippen molar-refractivity contribution in [2.75, 3.05) is 25.1 Å². The highest BCUT2D eigenvalue weighted by molar-refractivity contribution is 5.82. The van der Waals surface area contributed by atoms with Gasteiger partial charge in [-0.2, -0.15) is 0 Å². The van der Waals surface area contributed by atoms with Gasteiger partial charge in [0.15, 0.2) is 0 Å². The fourth-order valence-electron chi connectivity index (χ4n) is 4.12. The van der Waals surface area contributed by atoms with Crippen molar-refractivity contribution in [3.8, 4) is 0 Å². The number of nitrogens with one attached hydrogen (secondary N) is 1. The Labute approximate surface area is 158 Å². The summed E-state index contributed by atoms with van der Waals surface area (Å²) in [6.45, 7) is 1.28. The van der Waals surface area contributed by atoms with Gasteiger partial charge in [0, 0.05) is 43.4 Å². The van der Waals surface area contributed by atoms with Crippen molar-refractivity contribution in [3.63, 3.8) is 0 Å². The van der Waals surface area contributed by atoms with Gasteiger partial charge in [0.05, 0.1) is 18.0 Å². The molecule has 0 spiro atoms. The molecule has 1 aromatic rings. The zero-order valence-electron chi connectivity index (χ0n) is 15.5. The summed E-state index contributed by atoms with van der Waals surface area (Å²) in [5.41, 5.74) is 1.93. The van der Waals surface area contributed by atoms with Gasteiger partial charge in [-0.25, -0.2) is 0 Å². The molecule has 8 nitrogen and oxygen atoms in total. The molecular formula is C19H25N3O5. The highest BCUT2D eigenvalue weighted by Crippen LogP contribution is 2.39. The topological polar surface area (TPSA) is 102 Å². The largest absolute Gasteiger partial charge is 0.469 e. The lowest BCUT2D eigenvalue weighted by Crippen LogP contribution is -2.53. The van der Waals surface area contributed by atoms with Crippen LogP contribution >= 0.6 is 0 Å². The van der Waals surface area contributed by atoms with E-state index in [9.17, 15) is 19.7 Å². The van der Waals surface area contributed by atoms with Gasteiger partial charge in [0.25, 0.3) is 5.69 Å². The van der Waals surface area contributed by atoms with Crippen LogP contribution in [0, 0.1) is 16.0 Å². The van der Waals surface area contributed by atoms with Crippen LogP contribution in [0.2, 0.25) is 0 Å². The molecule has 2 atom stereocenters. The second-order valence-corrected chi connectivity index (χ2v) is 7.11. The highest BCUT2D eigenvalue weighted by Gasteiger charge is 2.39. The van der Waals surface area contributed by atoms with Crippen molar-refractivity contribution < 1.29 is 19.2 Å². The van der Waals surface area contributed by atoms with Crippen molar-refractivity contribution >= 4 is 23.3 Å². The number of carbonyl (C=O) groups is 2. The highest BCUT2D eigenvalue weighted by atomic mass is 16.6. The van der Waals surface area contributed by atoms with Gasteiger partial charge >= 0.3 is 5.97 Å². The summed E-state index contributed by atoms with van der Waals surface area (Å²) >= 11 is 0. The Morgan fingerprint density at radius 1 is 1.37 bits per heavy atom. The first-order valence-electron chi connectivity index (χ1n) is 9.39. The molecule has 0 bridgehead atoms. The van der Waals surface area contributed by atoms with Gasteiger partial charge in [-0.05, 0) is 43.7 Å². The van der Waals surface area contributed by atoms with E-state index in [0.29, 0.717) is 19.4 Å². The van der Waals surface area contributed by atoms with Crippen LogP contribution < -0.4 is 10.2 Å². The summed E-state index contributed by atoms with van der Waals surface area (Å²) in [5.74, 6) is -0.575. The van der Waals surface area contributed by atoms with E-state index in [2.05, 4.69) is 15.0 Å². The van der Waals surface area contributed by atoms with Crippen LogP contribution in [-0.2, 0) is 20.7 Å². The molecule has 27 heavy (non-hydrogen) atoms. The number of rotatable bonds is 6. The maximum atomic E-state index is 12.8. The van der Waals surface area contributed by atoms with E-state index in [0.717, 1.165) is 37.1 Å². The number of anilines is 1. The van der Waals surface area contributed by atoms with E-state index >= 15 is 0 Å². The summed E-state index contributed by atoms with van der Waals surface area (Å²) in [6, 6.07) is 5.07. The number of esters is 1. The van der Waals surface area contributed by atoms with Crippen molar-refractivity contribution in [1.82, 2.24) is 5.32 Å². The van der Waals surface area contributed by atoms with Gasteiger partial charge in [0.2, 0.25) is 5.91 Å². The zero-order chi connectivity index (χ0) is 19.4. The molecule has 1 fully saturated rings. The SMILES string of the molecule is COC(=O)CCCNC(=O)C1Cc2cc([N+](=O)[O-])ccc2N2CCCCC12. The number of hydrogen-bond acceptors (Lipinski definition) is 6. The first-order chi connectivity index (χ1) is 13.0. The van der Waals surface area contributed by atoms with Crippen LogP contribution in [0.1, 0.15) is 37.7 Å². The number of piperidine rings is 1. The Morgan fingerprint density at radius 3 is 2.93 bits per heavy atom. The smallest absolute Gasteiger partial charge is 0.305 e. The first-order valence-corrected chi connectivity index (χ1v) is 9.39. The Morgan fingerprint density at radius 2 is 2.19 bits per heavy atom. The molecule has 1 aromatic carbocycles. The van der Waals surface area contributed by atoms with Crippen molar-refractivity contribution in [1.29, 1.82) is 0 Å². The summed E-state index contributed by atoms with van der Waals surface area (Å²) in [4.78, 5) is 36.9. The minimum absolute atomic E-state index is 0.0473. The standard InChI is InChI=1S/C19H25N3O5/c1-27-18(23)6-4-9-20-19(24)15-12-13-11-14(22(25)26)7-8-16(13)21-10-3-2-5-17(15)21/h7-8,11,15,17H,2-6,9-10,12H2,1H3,(H,20,24). The van der Waals surface area contributed by atoms with Crippen molar-refractivity contribution in [3.05, 3.63) is 33.9 Å². The molecule has 0 saturated carbocycles. The fraction of sp³-hybridized carbons (Fsp3) is 0.579. The zero-order valence-corrected chi connectivity index (χ0v) is 15.5. The second-order valence-electron chi connectivity index (χ2n) is 7.11. The van der Waals surface area contributed by atoms with E-state index in [1.54, 1.807) is 6.07 Å². The first kappa shape index (κ1) is 19.1. The molecule has 0 aromatic heterocycles. The molecule has 1 saturated heterocycles. The number of amides is 1. The summed E-state index contributed by atoms with van der Waals surface area (Å²) < 4.78 is 4.60. The molecule has 2 aliphatic rings. The van der Waals surface area contributed by atoms with Gasteiger partial charge in [-0.3, -0.25) is 19.7 Å². The predicted molar refractivity (Wildman–Crippen MR) is 99.5 cm³/mol. The van der Waals surface area contributed by atoms with E-state index in [1.165, 1.54) is 13.2 Å². The predicted octanol–water partition coefficient (Wildman–Crippen LogP) is 2.20. The van der Waals surface area contributed by atoms with Gasteiger partial charge in [-0.15, -0.1) is 0 Å². The Kier molecular flexibility index (Phi) is 5.93. The van der Waals surface area contributed by atoms with Crippen LogP contribution in [0.15, 0.2) is 18.2 Å². The Bertz CT molecular complexity index is 736. The average molecular weight is 375 g/mol. The van der Waals surface area contributed by atoms with Crippen LogP contribution in [-0.4, -0.2) is 43.0 Å². The number of fused-ring (bicyclic) bond motifs is 3. The number of carbonyl (C=O) groups excluding carboxylic acids is 2. The fourth-order valence-corrected chi connectivity index (χ4v) is 4.12. The molecule has 1 amide bonds. The molecule has 0 radical (unpaired) electrons. The lowest BCUT2D eigenvalue weighted by Gasteiger charge is -2.45. The van der Waals surface area contributed by atoms with Gasteiger partial charge in [-0.1, -0.05) is 0 Å². The molecule has 2 aliphatic heterocycles. The number of hydrogen-bond donors (Lipinski definition) is 1. The van der Waals surface area contributed by atoms with Crippen LogP contribution in [0.3, 0.4) is 0 Å². The summed E-state index contributed by atoms with van der Waals surface area (Å²) in [5, 5.41) is 14.0. The van der Waals surface area contributed by atoms with E-state index < -0.39 is 4.92 Å². The third-order valence-corrected chi connectivity index (χ3v) is 5.46. The van der Waals surface area contributed by atoms with Crippen molar-refractivity contribution in [2.45, 2.75) is 44.6 Å². The van der Waals surface area contributed by atoms with Crippen LogP contribution in [0.4, 0.5) is 11.4 Å². The molecular weight excluding hydrogens is 350 g/mol. The van der Waals surface area contributed by atoms with Crippen LogP contribution in [0.5, 0.6) is 0 Å².